The number of hydrogen-bond acceptors (Lipinski definition) is 3. The van der Waals surface area contributed by atoms with Gasteiger partial charge in [0.2, 0.25) is 0 Å². The normalized spacial score (nSPS) is 23.3. The number of alkyl halides is 3. The molecule has 1 N–H and O–H groups in total. The number of aliphatic carboxylic acids is 1. The Balaban J connectivity index is 1.99. The number of ether oxygens (including phenoxy) is 1. The third-order valence-corrected chi connectivity index (χ3v) is 4.43. The number of carboxylic acids is 1. The molecule has 0 amide bonds. The number of nitrogens with zero attached hydrogens (tertiary/aromatic N) is 1. The van der Waals surface area contributed by atoms with E-state index in [0.717, 1.165) is 6.20 Å². The van der Waals surface area contributed by atoms with Crippen LogP contribution in [0.4, 0.5) is 13.2 Å². The topological polar surface area (TPSA) is 59.4 Å². The molecule has 1 atom stereocenters. The summed E-state index contributed by atoms with van der Waals surface area (Å²) < 4.78 is 44.3. The smallest absolute Gasteiger partial charge is 0.421 e. The fourth-order valence-corrected chi connectivity index (χ4v) is 3.20. The summed E-state index contributed by atoms with van der Waals surface area (Å²) >= 11 is 0. The SMILES string of the molecule is CCC(C(=O)O)C1CCC(Oc2ccncc2C(F)(F)F)CC1. The van der Waals surface area contributed by atoms with Crippen LogP contribution in [0.2, 0.25) is 0 Å². The molecule has 2 rings (SSSR count). The molecular formula is C16H20F3NO3. The minimum atomic E-state index is -4.50. The molecular weight excluding hydrogens is 311 g/mol. The van der Waals surface area contributed by atoms with Gasteiger partial charge in [-0.25, -0.2) is 0 Å². The van der Waals surface area contributed by atoms with Crippen molar-refractivity contribution >= 4 is 5.97 Å². The minimum absolute atomic E-state index is 0.0666. The van der Waals surface area contributed by atoms with Gasteiger partial charge in [0.25, 0.3) is 0 Å². The van der Waals surface area contributed by atoms with E-state index in [0.29, 0.717) is 32.1 Å². The number of carbonyl (C=O) groups is 1. The summed E-state index contributed by atoms with van der Waals surface area (Å²) in [6, 6.07) is 1.22. The van der Waals surface area contributed by atoms with Crippen molar-refractivity contribution in [3.63, 3.8) is 0 Å². The molecule has 0 aromatic carbocycles. The Morgan fingerprint density at radius 2 is 2.04 bits per heavy atom. The molecule has 1 unspecified atom stereocenters. The Hall–Kier alpha value is -1.79. The zero-order valence-corrected chi connectivity index (χ0v) is 12.8. The molecule has 0 spiro atoms. The Morgan fingerprint density at radius 1 is 1.39 bits per heavy atom. The predicted molar refractivity (Wildman–Crippen MR) is 77.0 cm³/mol. The fraction of sp³-hybridized carbons (Fsp3) is 0.625. The molecule has 1 aromatic heterocycles. The molecule has 1 heterocycles. The molecule has 0 radical (unpaired) electrons. The van der Waals surface area contributed by atoms with Crippen LogP contribution in [0.5, 0.6) is 5.75 Å². The lowest BCUT2D eigenvalue weighted by Gasteiger charge is -2.32. The van der Waals surface area contributed by atoms with E-state index in [1.807, 2.05) is 6.92 Å². The Kier molecular flexibility index (Phi) is 5.49. The summed E-state index contributed by atoms with van der Waals surface area (Å²) in [5, 5.41) is 9.19. The second-order valence-corrected chi connectivity index (χ2v) is 5.88. The molecule has 0 bridgehead atoms. The van der Waals surface area contributed by atoms with Crippen LogP contribution in [-0.2, 0) is 11.0 Å². The van der Waals surface area contributed by atoms with Gasteiger partial charge in [-0.05, 0) is 44.1 Å². The Bertz CT molecular complexity index is 540. The summed E-state index contributed by atoms with van der Waals surface area (Å²) in [6.45, 7) is 1.84. The van der Waals surface area contributed by atoms with E-state index in [9.17, 15) is 23.1 Å². The standard InChI is InChI=1S/C16H20F3NO3/c1-2-12(15(21)22)10-3-5-11(6-4-10)23-14-7-8-20-9-13(14)16(17,18)19/h7-12H,2-6H2,1H3,(H,21,22). The van der Waals surface area contributed by atoms with E-state index in [4.69, 9.17) is 4.74 Å². The highest BCUT2D eigenvalue weighted by Gasteiger charge is 2.36. The van der Waals surface area contributed by atoms with Gasteiger partial charge in [-0.3, -0.25) is 9.78 Å². The van der Waals surface area contributed by atoms with Gasteiger partial charge >= 0.3 is 12.1 Å². The Labute approximate surface area is 132 Å². The number of rotatable bonds is 5. The summed E-state index contributed by atoms with van der Waals surface area (Å²) in [6.07, 6.45) is 0.213. The van der Waals surface area contributed by atoms with Crippen molar-refractivity contribution < 1.29 is 27.8 Å². The van der Waals surface area contributed by atoms with E-state index in [1.54, 1.807) is 0 Å². The first-order valence-corrected chi connectivity index (χ1v) is 7.73. The molecule has 1 saturated carbocycles. The van der Waals surface area contributed by atoms with Crippen LogP contribution in [0.3, 0.4) is 0 Å². The van der Waals surface area contributed by atoms with E-state index < -0.39 is 17.7 Å². The average Bonchev–Trinajstić information content (AvgIpc) is 2.49. The fourth-order valence-electron chi connectivity index (χ4n) is 3.20. The molecule has 1 aromatic rings. The number of aromatic nitrogens is 1. The van der Waals surface area contributed by atoms with Crippen LogP contribution >= 0.6 is 0 Å². The van der Waals surface area contributed by atoms with Crippen LogP contribution < -0.4 is 4.74 Å². The lowest BCUT2D eigenvalue weighted by molar-refractivity contribution is -0.145. The molecule has 1 aliphatic carbocycles. The summed E-state index contributed by atoms with van der Waals surface area (Å²) in [5.74, 6) is -1.33. The highest BCUT2D eigenvalue weighted by Crippen LogP contribution is 2.38. The van der Waals surface area contributed by atoms with Crippen molar-refractivity contribution in [1.29, 1.82) is 0 Å². The van der Waals surface area contributed by atoms with Gasteiger partial charge in [-0.1, -0.05) is 6.92 Å². The molecule has 7 heteroatoms. The third-order valence-electron chi connectivity index (χ3n) is 4.43. The molecule has 0 saturated heterocycles. The lowest BCUT2D eigenvalue weighted by atomic mass is 9.78. The Morgan fingerprint density at radius 3 is 2.57 bits per heavy atom. The first-order chi connectivity index (χ1) is 10.8. The maximum atomic E-state index is 12.9. The van der Waals surface area contributed by atoms with Crippen molar-refractivity contribution in [2.45, 2.75) is 51.3 Å². The first kappa shape index (κ1) is 17.6. The second-order valence-electron chi connectivity index (χ2n) is 5.88. The predicted octanol–water partition coefficient (Wildman–Crippen LogP) is 4.15. The molecule has 4 nitrogen and oxygen atoms in total. The zero-order valence-electron chi connectivity index (χ0n) is 12.8. The van der Waals surface area contributed by atoms with Gasteiger partial charge in [0.1, 0.15) is 11.3 Å². The van der Waals surface area contributed by atoms with E-state index in [1.165, 1.54) is 12.3 Å². The van der Waals surface area contributed by atoms with Gasteiger partial charge in [-0.15, -0.1) is 0 Å². The maximum absolute atomic E-state index is 12.9. The van der Waals surface area contributed by atoms with E-state index in [2.05, 4.69) is 4.98 Å². The van der Waals surface area contributed by atoms with E-state index >= 15 is 0 Å². The molecule has 0 aliphatic heterocycles. The van der Waals surface area contributed by atoms with Crippen molar-refractivity contribution in [2.75, 3.05) is 0 Å². The number of halogens is 3. The highest BCUT2D eigenvalue weighted by atomic mass is 19.4. The third kappa shape index (κ3) is 4.36. The minimum Gasteiger partial charge on any atom is -0.490 e. The van der Waals surface area contributed by atoms with Crippen molar-refractivity contribution in [3.05, 3.63) is 24.0 Å². The van der Waals surface area contributed by atoms with Crippen LogP contribution in [0, 0.1) is 11.8 Å². The van der Waals surface area contributed by atoms with E-state index in [-0.39, 0.29) is 23.7 Å². The van der Waals surface area contributed by atoms with Crippen LogP contribution in [0.1, 0.15) is 44.6 Å². The van der Waals surface area contributed by atoms with Crippen molar-refractivity contribution in [2.24, 2.45) is 11.8 Å². The number of hydrogen-bond donors (Lipinski definition) is 1. The van der Waals surface area contributed by atoms with Gasteiger partial charge in [-0.2, -0.15) is 13.2 Å². The number of pyridine rings is 1. The molecule has 1 fully saturated rings. The zero-order chi connectivity index (χ0) is 17.0. The van der Waals surface area contributed by atoms with Crippen LogP contribution in [0.25, 0.3) is 0 Å². The quantitative estimate of drug-likeness (QED) is 0.880. The average molecular weight is 331 g/mol. The lowest BCUT2D eigenvalue weighted by Crippen LogP contribution is -2.31. The van der Waals surface area contributed by atoms with Crippen molar-refractivity contribution in [3.8, 4) is 5.75 Å². The summed E-state index contributed by atoms with van der Waals surface area (Å²) in [4.78, 5) is 14.7. The largest absolute Gasteiger partial charge is 0.490 e. The summed E-state index contributed by atoms with van der Waals surface area (Å²) in [7, 11) is 0. The van der Waals surface area contributed by atoms with Crippen LogP contribution in [0.15, 0.2) is 18.5 Å². The summed E-state index contributed by atoms with van der Waals surface area (Å²) in [5.41, 5.74) is -0.876. The van der Waals surface area contributed by atoms with Gasteiger partial charge in [0, 0.05) is 12.4 Å². The first-order valence-electron chi connectivity index (χ1n) is 7.73. The van der Waals surface area contributed by atoms with Crippen LogP contribution in [-0.4, -0.2) is 22.2 Å². The monoisotopic (exact) mass is 331 g/mol. The molecule has 23 heavy (non-hydrogen) atoms. The number of carboxylic acid groups (broad SMARTS) is 1. The highest BCUT2D eigenvalue weighted by molar-refractivity contribution is 5.70. The van der Waals surface area contributed by atoms with Gasteiger partial charge in [0.05, 0.1) is 12.0 Å². The maximum Gasteiger partial charge on any atom is 0.421 e. The van der Waals surface area contributed by atoms with Gasteiger partial charge < -0.3 is 9.84 Å². The van der Waals surface area contributed by atoms with Crippen molar-refractivity contribution in [1.82, 2.24) is 4.98 Å². The van der Waals surface area contributed by atoms with Gasteiger partial charge in [0.15, 0.2) is 0 Å². The second kappa shape index (κ2) is 7.19. The molecule has 1 aliphatic rings. The molecule has 128 valence electrons.